The minimum absolute atomic E-state index is 0.0517. The molecule has 3 aliphatic rings. The van der Waals surface area contributed by atoms with E-state index in [1.54, 1.807) is 17.6 Å². The van der Waals surface area contributed by atoms with Crippen LogP contribution in [-0.2, 0) is 19.4 Å². The minimum Gasteiger partial charge on any atom is -0.371 e. The first-order chi connectivity index (χ1) is 17.1. The van der Waals surface area contributed by atoms with E-state index in [0.717, 1.165) is 44.7 Å². The average molecular weight is 521 g/mol. The second-order valence-electron chi connectivity index (χ2n) is 11.1. The number of piperidine rings is 3. The first-order valence-corrected chi connectivity index (χ1v) is 14.7. The second-order valence-corrected chi connectivity index (χ2v) is 13.4. The van der Waals surface area contributed by atoms with Gasteiger partial charge in [-0.05, 0) is 81.3 Å². The Morgan fingerprint density at radius 2 is 1.64 bits per heavy atom. The van der Waals surface area contributed by atoms with E-state index in [1.807, 2.05) is 12.1 Å². The Bertz CT molecular complexity index is 1020. The van der Waals surface area contributed by atoms with Gasteiger partial charge in [0.15, 0.2) is 9.84 Å². The lowest BCUT2D eigenvalue weighted by Gasteiger charge is -2.39. The van der Waals surface area contributed by atoms with Crippen molar-refractivity contribution in [2.45, 2.75) is 62.0 Å². The Morgan fingerprint density at radius 3 is 2.19 bits per heavy atom. The molecule has 0 aliphatic carbocycles. The number of nitrogens with one attached hydrogen (secondary N) is 2. The Hall–Kier alpha value is -2.17. The zero-order valence-electron chi connectivity index (χ0n) is 21.4. The summed E-state index contributed by atoms with van der Waals surface area (Å²) in [7, 11) is -3.80. The van der Waals surface area contributed by atoms with Gasteiger partial charge < -0.3 is 15.1 Å². The van der Waals surface area contributed by atoms with Gasteiger partial charge in [0.05, 0.1) is 9.64 Å². The number of sulfone groups is 1. The fourth-order valence-corrected chi connectivity index (χ4v) is 8.38. The van der Waals surface area contributed by atoms with Gasteiger partial charge >= 0.3 is 0 Å². The van der Waals surface area contributed by atoms with Crippen LogP contribution in [-0.4, -0.2) is 74.4 Å². The van der Waals surface area contributed by atoms with Crippen LogP contribution < -0.4 is 15.7 Å². The summed E-state index contributed by atoms with van der Waals surface area (Å²) in [6.45, 7) is 8.67. The number of amides is 2. The molecule has 1 aromatic rings. The van der Waals surface area contributed by atoms with Gasteiger partial charge in [0.1, 0.15) is 0 Å². The third-order valence-electron chi connectivity index (χ3n) is 8.23. The summed E-state index contributed by atoms with van der Waals surface area (Å²) in [5.74, 6) is 0.747. The molecule has 200 valence electrons. The SMILES string of the molecule is C[C@@H]1C[C@H](C)CN(C(=O)C2CCN(c3ccc(S(=O)(=O)C4(CC(=O)NO)CCNCC4)cc3)CC2)C1. The Labute approximate surface area is 214 Å². The molecule has 2 atom stereocenters. The number of likely N-dealkylation sites (tertiary alicyclic amines) is 1. The van der Waals surface area contributed by atoms with Crippen molar-refractivity contribution in [2.75, 3.05) is 44.2 Å². The van der Waals surface area contributed by atoms with E-state index in [2.05, 4.69) is 29.0 Å². The molecule has 36 heavy (non-hydrogen) atoms. The molecule has 0 aromatic heterocycles. The molecule has 0 radical (unpaired) electrons. The Balaban J connectivity index is 1.41. The van der Waals surface area contributed by atoms with E-state index >= 15 is 0 Å². The number of carbonyl (C=O) groups excluding carboxylic acids is 2. The third kappa shape index (κ3) is 5.55. The standard InChI is InChI=1S/C26H40N4O5S/c1-19-15-20(2)18-30(17-19)25(32)21-7-13-29(14-8-21)22-3-5-23(6-4-22)36(34,35)26(16-24(31)28-33)9-11-27-12-10-26/h3-6,19-21,27,33H,7-18H2,1-2H3,(H,28,31)/t19-,20+. The number of anilines is 1. The fourth-order valence-electron chi connectivity index (χ4n) is 6.33. The summed E-state index contributed by atoms with van der Waals surface area (Å²) < 4.78 is 26.0. The molecule has 1 aromatic carbocycles. The van der Waals surface area contributed by atoms with Crippen LogP contribution in [0, 0.1) is 17.8 Å². The quantitative estimate of drug-likeness (QED) is 0.389. The molecule has 3 heterocycles. The summed E-state index contributed by atoms with van der Waals surface area (Å²) in [4.78, 5) is 29.5. The molecule has 0 unspecified atom stereocenters. The van der Waals surface area contributed by atoms with E-state index in [1.165, 1.54) is 6.42 Å². The molecule has 9 nitrogen and oxygen atoms in total. The van der Waals surface area contributed by atoms with Gasteiger partial charge in [-0.15, -0.1) is 0 Å². The van der Waals surface area contributed by atoms with Crippen molar-refractivity contribution in [1.82, 2.24) is 15.7 Å². The van der Waals surface area contributed by atoms with Gasteiger partial charge in [-0.3, -0.25) is 14.8 Å². The molecule has 10 heteroatoms. The first kappa shape index (κ1) is 26.9. The van der Waals surface area contributed by atoms with Crippen molar-refractivity contribution in [3.8, 4) is 0 Å². The largest absolute Gasteiger partial charge is 0.371 e. The highest BCUT2D eigenvalue weighted by Crippen LogP contribution is 2.37. The van der Waals surface area contributed by atoms with Crippen molar-refractivity contribution in [1.29, 1.82) is 0 Å². The van der Waals surface area contributed by atoms with E-state index in [-0.39, 0.29) is 23.1 Å². The van der Waals surface area contributed by atoms with E-state index in [9.17, 15) is 18.0 Å². The van der Waals surface area contributed by atoms with Gasteiger partial charge in [0.25, 0.3) is 0 Å². The smallest absolute Gasteiger partial charge is 0.244 e. The average Bonchev–Trinajstić information content (AvgIpc) is 2.88. The molecule has 3 fully saturated rings. The van der Waals surface area contributed by atoms with Crippen molar-refractivity contribution in [3.63, 3.8) is 0 Å². The number of carbonyl (C=O) groups is 2. The van der Waals surface area contributed by atoms with Crippen molar-refractivity contribution < 1.29 is 23.2 Å². The molecule has 3 N–H and O–H groups in total. The number of nitrogens with zero attached hydrogens (tertiary/aromatic N) is 2. The topological polar surface area (TPSA) is 119 Å². The lowest BCUT2D eigenvalue weighted by atomic mass is 9.89. The number of hydrogen-bond donors (Lipinski definition) is 3. The summed E-state index contributed by atoms with van der Waals surface area (Å²) in [5, 5.41) is 12.2. The lowest BCUT2D eigenvalue weighted by molar-refractivity contribution is -0.139. The van der Waals surface area contributed by atoms with Crippen LogP contribution in [0.4, 0.5) is 5.69 Å². The molecule has 0 bridgehead atoms. The van der Waals surface area contributed by atoms with Crippen LogP contribution in [0.3, 0.4) is 0 Å². The predicted molar refractivity (Wildman–Crippen MR) is 137 cm³/mol. The van der Waals surface area contributed by atoms with Crippen LogP contribution in [0.15, 0.2) is 29.2 Å². The molecule has 0 saturated carbocycles. The van der Waals surface area contributed by atoms with E-state index < -0.39 is 20.5 Å². The molecule has 3 aliphatic heterocycles. The molecule has 3 saturated heterocycles. The highest BCUT2D eigenvalue weighted by molar-refractivity contribution is 7.92. The maximum absolute atomic E-state index is 13.6. The van der Waals surface area contributed by atoms with Crippen LogP contribution in [0.5, 0.6) is 0 Å². The molecule has 4 rings (SSSR count). The fraction of sp³-hybridized carbons (Fsp3) is 0.692. The van der Waals surface area contributed by atoms with Gasteiger partial charge in [-0.2, -0.15) is 0 Å². The molecule has 2 amide bonds. The summed E-state index contributed by atoms with van der Waals surface area (Å²) in [5.41, 5.74) is 2.53. The number of rotatable bonds is 6. The Morgan fingerprint density at radius 1 is 1.06 bits per heavy atom. The lowest BCUT2D eigenvalue weighted by Crippen LogP contribution is -2.50. The first-order valence-electron chi connectivity index (χ1n) is 13.2. The van der Waals surface area contributed by atoms with Crippen LogP contribution in [0.2, 0.25) is 0 Å². The van der Waals surface area contributed by atoms with Crippen LogP contribution in [0.25, 0.3) is 0 Å². The normalized spacial score (nSPS) is 25.4. The van der Waals surface area contributed by atoms with Crippen LogP contribution >= 0.6 is 0 Å². The summed E-state index contributed by atoms with van der Waals surface area (Å²) in [6, 6.07) is 6.89. The van der Waals surface area contributed by atoms with Gasteiger partial charge in [0.2, 0.25) is 11.8 Å². The predicted octanol–water partition coefficient (Wildman–Crippen LogP) is 2.20. The van der Waals surface area contributed by atoms with Crippen molar-refractivity contribution in [3.05, 3.63) is 24.3 Å². The summed E-state index contributed by atoms with van der Waals surface area (Å²) in [6.07, 6.45) is 3.11. The zero-order valence-corrected chi connectivity index (χ0v) is 22.2. The van der Waals surface area contributed by atoms with Gasteiger partial charge in [-0.25, -0.2) is 13.9 Å². The molecule has 0 spiro atoms. The highest BCUT2D eigenvalue weighted by Gasteiger charge is 2.47. The minimum atomic E-state index is -3.80. The number of hydrogen-bond acceptors (Lipinski definition) is 7. The third-order valence-corrected chi connectivity index (χ3v) is 10.8. The van der Waals surface area contributed by atoms with E-state index in [4.69, 9.17) is 5.21 Å². The van der Waals surface area contributed by atoms with Crippen molar-refractivity contribution in [2.24, 2.45) is 17.8 Å². The Kier molecular flexibility index (Phi) is 8.26. The zero-order chi connectivity index (χ0) is 25.9. The summed E-state index contributed by atoms with van der Waals surface area (Å²) >= 11 is 0. The maximum atomic E-state index is 13.6. The molecular formula is C26H40N4O5S. The molecular weight excluding hydrogens is 480 g/mol. The number of hydroxylamine groups is 1. The monoisotopic (exact) mass is 520 g/mol. The highest BCUT2D eigenvalue weighted by atomic mass is 32.2. The second kappa shape index (κ2) is 11.1. The number of benzene rings is 1. The van der Waals surface area contributed by atoms with E-state index in [0.29, 0.717) is 37.8 Å². The van der Waals surface area contributed by atoms with Crippen LogP contribution in [0.1, 0.15) is 52.4 Å². The van der Waals surface area contributed by atoms with Gasteiger partial charge in [0, 0.05) is 44.2 Å². The van der Waals surface area contributed by atoms with Gasteiger partial charge in [-0.1, -0.05) is 13.8 Å². The van der Waals surface area contributed by atoms with Crippen molar-refractivity contribution >= 4 is 27.3 Å². The maximum Gasteiger partial charge on any atom is 0.244 e.